The molecule has 1 N–H and O–H groups in total. The molecule has 1 aromatic heterocycles. The largest absolute Gasteiger partial charge is 0.391 e. The molecule has 3 heterocycles. The Morgan fingerprint density at radius 1 is 1.10 bits per heavy atom. The lowest BCUT2D eigenvalue weighted by molar-refractivity contribution is -0.131. The van der Waals surface area contributed by atoms with Crippen LogP contribution in [0.5, 0.6) is 0 Å². The number of piperazine rings is 1. The molecular weight excluding hydrogens is 390 g/mol. The summed E-state index contributed by atoms with van der Waals surface area (Å²) in [6.07, 6.45) is 3.36. The van der Waals surface area contributed by atoms with Crippen LogP contribution in [-0.4, -0.2) is 93.7 Å². The zero-order valence-corrected chi connectivity index (χ0v) is 19.0. The van der Waals surface area contributed by atoms with Crippen molar-refractivity contribution in [3.05, 3.63) is 30.1 Å². The number of fused-ring (bicyclic) bond motifs is 1. The highest BCUT2D eigenvalue weighted by molar-refractivity contribution is 5.77. The van der Waals surface area contributed by atoms with Gasteiger partial charge >= 0.3 is 0 Å². The van der Waals surface area contributed by atoms with Crippen LogP contribution < -0.4 is 0 Å². The highest BCUT2D eigenvalue weighted by Gasteiger charge is 2.32. The Kier molecular flexibility index (Phi) is 7.25. The number of rotatable bonds is 6. The van der Waals surface area contributed by atoms with E-state index < -0.39 is 0 Å². The van der Waals surface area contributed by atoms with Crippen LogP contribution >= 0.6 is 0 Å². The summed E-state index contributed by atoms with van der Waals surface area (Å²) in [5.74, 6) is 1.28. The van der Waals surface area contributed by atoms with Gasteiger partial charge in [0.2, 0.25) is 5.91 Å². The fraction of sp³-hybridized carbons (Fsp3) is 0.667. The van der Waals surface area contributed by atoms with E-state index in [1.807, 2.05) is 17.0 Å². The number of hydrogen-bond donors (Lipinski definition) is 1. The molecule has 2 aliphatic rings. The van der Waals surface area contributed by atoms with Crippen LogP contribution in [0.4, 0.5) is 0 Å². The number of likely N-dealkylation sites (tertiary alicyclic amines) is 1. The van der Waals surface area contributed by atoms with Crippen molar-refractivity contribution >= 4 is 16.9 Å². The smallest absolute Gasteiger partial charge is 0.222 e. The fourth-order valence-electron chi connectivity index (χ4n) is 5.13. The second-order valence-electron chi connectivity index (χ2n) is 9.05. The number of nitrogens with zero attached hydrogens (tertiary/aromatic N) is 5. The molecule has 1 amide bonds. The van der Waals surface area contributed by atoms with Gasteiger partial charge in [0.25, 0.3) is 0 Å². The second-order valence-corrected chi connectivity index (χ2v) is 9.05. The zero-order chi connectivity index (χ0) is 21.8. The van der Waals surface area contributed by atoms with Gasteiger partial charge in [-0.2, -0.15) is 0 Å². The van der Waals surface area contributed by atoms with Gasteiger partial charge in [-0.15, -0.1) is 0 Å². The molecule has 0 saturated carbocycles. The van der Waals surface area contributed by atoms with Gasteiger partial charge in [-0.1, -0.05) is 12.1 Å². The summed E-state index contributed by atoms with van der Waals surface area (Å²) in [7, 11) is 2.15. The summed E-state index contributed by atoms with van der Waals surface area (Å²) in [4.78, 5) is 24.4. The number of aliphatic hydroxyl groups excluding tert-OH is 1. The van der Waals surface area contributed by atoms with E-state index in [4.69, 9.17) is 4.98 Å². The first-order valence-electron chi connectivity index (χ1n) is 11.9. The topological polar surface area (TPSA) is 64.8 Å². The minimum Gasteiger partial charge on any atom is -0.391 e. The van der Waals surface area contributed by atoms with Gasteiger partial charge in [0, 0.05) is 64.7 Å². The van der Waals surface area contributed by atoms with Crippen molar-refractivity contribution in [2.75, 3.05) is 46.3 Å². The third-order valence-corrected chi connectivity index (χ3v) is 7.03. The van der Waals surface area contributed by atoms with E-state index in [-0.39, 0.29) is 18.1 Å². The number of benzene rings is 1. The fourth-order valence-corrected chi connectivity index (χ4v) is 5.13. The Bertz CT molecular complexity index is 874. The van der Waals surface area contributed by atoms with Crippen LogP contribution in [0.25, 0.3) is 11.0 Å². The van der Waals surface area contributed by atoms with E-state index in [9.17, 15) is 9.90 Å². The minimum atomic E-state index is -0.342. The van der Waals surface area contributed by atoms with Crippen molar-refractivity contribution in [1.82, 2.24) is 24.3 Å². The van der Waals surface area contributed by atoms with E-state index in [1.54, 1.807) is 0 Å². The summed E-state index contributed by atoms with van der Waals surface area (Å²) in [5.41, 5.74) is 2.20. The Balaban J connectivity index is 1.29. The summed E-state index contributed by atoms with van der Waals surface area (Å²) >= 11 is 0. The Labute approximate surface area is 185 Å². The molecule has 31 heavy (non-hydrogen) atoms. The lowest BCUT2D eigenvalue weighted by atomic mass is 10.0. The number of aryl methyl sites for hydroxylation is 2. The first-order chi connectivity index (χ1) is 15.1. The molecular formula is C24H37N5O2. The molecule has 0 radical (unpaired) electrons. The summed E-state index contributed by atoms with van der Waals surface area (Å²) < 4.78 is 2.25. The number of carbonyl (C=O) groups is 1. The standard InChI is InChI=1S/C24H37N5O2/c1-3-29-20-8-5-4-7-19(20)25-23(29)9-6-10-24(31)28-13-11-21(22(30)12-14-28)27-17-15-26(2)16-18-27/h4-5,7-8,21-22,30H,3,6,9-18H2,1-2H3/t21-,22-/m0/s1. The zero-order valence-electron chi connectivity index (χ0n) is 19.0. The predicted molar refractivity (Wildman–Crippen MR) is 123 cm³/mol. The molecule has 7 heteroatoms. The lowest BCUT2D eigenvalue weighted by Gasteiger charge is -2.39. The maximum atomic E-state index is 12.9. The van der Waals surface area contributed by atoms with Crippen LogP contribution in [0.1, 0.15) is 38.4 Å². The highest BCUT2D eigenvalue weighted by atomic mass is 16.3. The molecule has 2 atom stereocenters. The minimum absolute atomic E-state index is 0.177. The predicted octanol–water partition coefficient (Wildman–Crippen LogP) is 1.98. The summed E-state index contributed by atoms with van der Waals surface area (Å²) in [6, 6.07) is 8.41. The van der Waals surface area contributed by atoms with Crippen LogP contribution in [0, 0.1) is 0 Å². The van der Waals surface area contributed by atoms with E-state index in [1.165, 1.54) is 5.52 Å². The SMILES string of the molecule is CCn1c(CCCC(=O)N2CC[C@H](O)[C@@H](N3CCN(C)CC3)CC2)nc2ccccc21. The van der Waals surface area contributed by atoms with Gasteiger partial charge in [0.15, 0.2) is 0 Å². The van der Waals surface area contributed by atoms with E-state index in [0.717, 1.165) is 69.9 Å². The van der Waals surface area contributed by atoms with Gasteiger partial charge in [0.1, 0.15) is 5.82 Å². The molecule has 0 spiro atoms. The number of likely N-dealkylation sites (N-methyl/N-ethyl adjacent to an activating group) is 1. The van der Waals surface area contributed by atoms with E-state index in [2.05, 4.69) is 40.5 Å². The lowest BCUT2D eigenvalue weighted by Crippen LogP contribution is -2.52. The quantitative estimate of drug-likeness (QED) is 0.764. The van der Waals surface area contributed by atoms with E-state index in [0.29, 0.717) is 19.4 Å². The molecule has 0 unspecified atom stereocenters. The number of aromatic nitrogens is 2. The average Bonchev–Trinajstić information content (AvgIpc) is 3.02. The van der Waals surface area contributed by atoms with Crippen molar-refractivity contribution in [3.8, 4) is 0 Å². The number of carbonyl (C=O) groups excluding carboxylic acids is 1. The van der Waals surface area contributed by atoms with Gasteiger partial charge in [-0.25, -0.2) is 4.98 Å². The van der Waals surface area contributed by atoms with Crippen molar-refractivity contribution in [3.63, 3.8) is 0 Å². The van der Waals surface area contributed by atoms with Crippen molar-refractivity contribution < 1.29 is 9.90 Å². The van der Waals surface area contributed by atoms with Gasteiger partial charge in [-0.05, 0) is 45.4 Å². The molecule has 1 aromatic carbocycles. The number of aliphatic hydroxyl groups is 1. The first-order valence-corrected chi connectivity index (χ1v) is 11.9. The van der Waals surface area contributed by atoms with Crippen LogP contribution in [0.2, 0.25) is 0 Å². The average molecular weight is 428 g/mol. The number of para-hydroxylation sites is 2. The van der Waals surface area contributed by atoms with Crippen molar-refractivity contribution in [2.45, 2.75) is 57.7 Å². The van der Waals surface area contributed by atoms with Gasteiger partial charge in [0.05, 0.1) is 17.1 Å². The molecule has 2 aliphatic heterocycles. The molecule has 7 nitrogen and oxygen atoms in total. The third-order valence-electron chi connectivity index (χ3n) is 7.03. The van der Waals surface area contributed by atoms with Gasteiger partial charge < -0.3 is 19.5 Å². The highest BCUT2D eigenvalue weighted by Crippen LogP contribution is 2.21. The van der Waals surface area contributed by atoms with Gasteiger partial charge in [-0.3, -0.25) is 9.69 Å². The second kappa shape index (κ2) is 10.1. The molecule has 0 bridgehead atoms. The van der Waals surface area contributed by atoms with Crippen LogP contribution in [0.3, 0.4) is 0 Å². The summed E-state index contributed by atoms with van der Waals surface area (Å²) in [5, 5.41) is 10.7. The Hall–Kier alpha value is -1.96. The van der Waals surface area contributed by atoms with Crippen molar-refractivity contribution in [2.24, 2.45) is 0 Å². The maximum absolute atomic E-state index is 12.9. The molecule has 4 rings (SSSR count). The normalized spacial score (nSPS) is 23.9. The number of amides is 1. The molecule has 0 aliphatic carbocycles. The van der Waals surface area contributed by atoms with E-state index >= 15 is 0 Å². The van der Waals surface area contributed by atoms with Crippen LogP contribution in [-0.2, 0) is 17.8 Å². The van der Waals surface area contributed by atoms with Crippen LogP contribution in [0.15, 0.2) is 24.3 Å². The molecule has 170 valence electrons. The maximum Gasteiger partial charge on any atom is 0.222 e. The monoisotopic (exact) mass is 427 g/mol. The molecule has 2 saturated heterocycles. The first kappa shape index (κ1) is 22.2. The summed E-state index contributed by atoms with van der Waals surface area (Å²) in [6.45, 7) is 8.56. The molecule has 2 aromatic rings. The number of imidazole rings is 1. The Morgan fingerprint density at radius 2 is 1.84 bits per heavy atom. The van der Waals surface area contributed by atoms with Crippen molar-refractivity contribution in [1.29, 1.82) is 0 Å². The third kappa shape index (κ3) is 5.10. The molecule has 2 fully saturated rings. The Morgan fingerprint density at radius 3 is 2.61 bits per heavy atom. The number of hydrogen-bond acceptors (Lipinski definition) is 5.